The fourth-order valence-corrected chi connectivity index (χ4v) is 3.33. The van der Waals surface area contributed by atoms with Crippen molar-refractivity contribution in [3.8, 4) is 11.5 Å². The number of anilines is 1. The zero-order valence-electron chi connectivity index (χ0n) is 13.0. The van der Waals surface area contributed by atoms with Gasteiger partial charge in [0, 0.05) is 24.1 Å². The van der Waals surface area contributed by atoms with Crippen LogP contribution in [0.1, 0.15) is 29.0 Å². The minimum absolute atomic E-state index is 0.0558. The van der Waals surface area contributed by atoms with E-state index in [1.54, 1.807) is 18.2 Å². The Morgan fingerprint density at radius 1 is 1.00 bits per heavy atom. The van der Waals surface area contributed by atoms with Gasteiger partial charge in [0.1, 0.15) is 13.2 Å². The minimum atomic E-state index is -4.49. The Bertz CT molecular complexity index is 848. The second-order valence-electron chi connectivity index (χ2n) is 5.97. The monoisotopic (exact) mass is 349 g/mol. The van der Waals surface area contributed by atoms with Gasteiger partial charge in [-0.3, -0.25) is 4.79 Å². The molecule has 1 amide bonds. The molecule has 0 aromatic heterocycles. The lowest BCUT2D eigenvalue weighted by Gasteiger charge is -2.30. The number of nitrogens with one attached hydrogen (secondary N) is 1. The Morgan fingerprint density at radius 3 is 2.40 bits per heavy atom. The molecule has 2 heterocycles. The summed E-state index contributed by atoms with van der Waals surface area (Å²) >= 11 is 0. The van der Waals surface area contributed by atoms with Crippen molar-refractivity contribution in [3.63, 3.8) is 0 Å². The third kappa shape index (κ3) is 2.79. The van der Waals surface area contributed by atoms with E-state index in [-0.39, 0.29) is 17.9 Å². The summed E-state index contributed by atoms with van der Waals surface area (Å²) in [6, 6.07) is 8.64. The maximum atomic E-state index is 13.4. The van der Waals surface area contributed by atoms with Gasteiger partial charge in [-0.05, 0) is 23.3 Å². The molecule has 0 aliphatic carbocycles. The van der Waals surface area contributed by atoms with E-state index in [9.17, 15) is 18.0 Å². The predicted molar refractivity (Wildman–Crippen MR) is 84.0 cm³/mol. The van der Waals surface area contributed by atoms with Crippen LogP contribution in [0.4, 0.5) is 18.9 Å². The predicted octanol–water partition coefficient (Wildman–Crippen LogP) is 3.95. The number of rotatable bonds is 1. The van der Waals surface area contributed by atoms with E-state index in [0.717, 1.165) is 6.07 Å². The Hall–Kier alpha value is -2.70. The molecule has 25 heavy (non-hydrogen) atoms. The number of ether oxygens (including phenoxy) is 2. The number of carbonyl (C=O) groups is 1. The smallest absolute Gasteiger partial charge is 0.416 e. The quantitative estimate of drug-likeness (QED) is 0.848. The lowest BCUT2D eigenvalue weighted by Crippen LogP contribution is -2.26. The van der Waals surface area contributed by atoms with Crippen molar-refractivity contribution in [2.24, 2.45) is 0 Å². The molecule has 7 heteroatoms. The molecule has 2 aliphatic heterocycles. The summed E-state index contributed by atoms with van der Waals surface area (Å²) in [5.41, 5.74) is 0.418. The fourth-order valence-electron chi connectivity index (χ4n) is 3.33. The van der Waals surface area contributed by atoms with E-state index in [0.29, 0.717) is 36.0 Å². The highest BCUT2D eigenvalue weighted by Crippen LogP contribution is 2.46. The molecule has 0 saturated carbocycles. The van der Waals surface area contributed by atoms with Gasteiger partial charge in [0.2, 0.25) is 5.91 Å². The topological polar surface area (TPSA) is 47.6 Å². The van der Waals surface area contributed by atoms with E-state index in [1.807, 2.05) is 0 Å². The Kier molecular flexibility index (Phi) is 3.59. The van der Waals surface area contributed by atoms with Crippen LogP contribution in [0.3, 0.4) is 0 Å². The summed E-state index contributed by atoms with van der Waals surface area (Å²) < 4.78 is 51.2. The molecule has 4 nitrogen and oxygen atoms in total. The van der Waals surface area contributed by atoms with Crippen molar-refractivity contribution in [2.45, 2.75) is 18.5 Å². The van der Waals surface area contributed by atoms with Crippen molar-refractivity contribution >= 4 is 11.6 Å². The zero-order valence-corrected chi connectivity index (χ0v) is 13.0. The van der Waals surface area contributed by atoms with Crippen molar-refractivity contribution in [3.05, 3.63) is 53.1 Å². The molecule has 0 spiro atoms. The van der Waals surface area contributed by atoms with Crippen LogP contribution in [0.25, 0.3) is 0 Å². The standard InChI is InChI=1S/C18H14F3NO3/c19-18(20,21)13-4-2-1-3-10(13)11-8-17(23)22-14-9-16-15(7-12(11)14)24-5-6-25-16/h1-4,7,9,11H,5-6,8H2,(H,22,23)/t11-/m1/s1. The first kappa shape index (κ1) is 15.8. The lowest BCUT2D eigenvalue weighted by molar-refractivity contribution is -0.138. The van der Waals surface area contributed by atoms with E-state index in [4.69, 9.17) is 9.47 Å². The van der Waals surface area contributed by atoms with Crippen LogP contribution in [0.2, 0.25) is 0 Å². The Morgan fingerprint density at radius 2 is 1.68 bits per heavy atom. The second kappa shape index (κ2) is 5.68. The van der Waals surface area contributed by atoms with Gasteiger partial charge < -0.3 is 14.8 Å². The van der Waals surface area contributed by atoms with Gasteiger partial charge in [-0.25, -0.2) is 0 Å². The largest absolute Gasteiger partial charge is 0.486 e. The molecule has 2 aromatic carbocycles. The molecular formula is C18H14F3NO3. The summed E-state index contributed by atoms with van der Waals surface area (Å²) in [7, 11) is 0. The van der Waals surface area contributed by atoms with Crippen molar-refractivity contribution in [1.82, 2.24) is 0 Å². The molecule has 0 bridgehead atoms. The molecule has 0 fully saturated rings. The molecule has 4 rings (SSSR count). The van der Waals surface area contributed by atoms with Gasteiger partial charge in [0.15, 0.2) is 11.5 Å². The third-order valence-electron chi connectivity index (χ3n) is 4.39. The average Bonchev–Trinajstić information content (AvgIpc) is 2.58. The van der Waals surface area contributed by atoms with Crippen LogP contribution in [0.5, 0.6) is 11.5 Å². The molecule has 2 aliphatic rings. The maximum absolute atomic E-state index is 13.4. The number of alkyl halides is 3. The van der Waals surface area contributed by atoms with Gasteiger partial charge >= 0.3 is 6.18 Å². The van der Waals surface area contributed by atoms with Crippen molar-refractivity contribution in [1.29, 1.82) is 0 Å². The third-order valence-corrected chi connectivity index (χ3v) is 4.39. The van der Waals surface area contributed by atoms with E-state index in [1.165, 1.54) is 12.1 Å². The van der Waals surface area contributed by atoms with Crippen LogP contribution < -0.4 is 14.8 Å². The highest BCUT2D eigenvalue weighted by atomic mass is 19.4. The zero-order chi connectivity index (χ0) is 17.6. The normalized spacial score (nSPS) is 19.2. The fraction of sp³-hybridized carbons (Fsp3) is 0.278. The van der Waals surface area contributed by atoms with Crippen LogP contribution in [0, 0.1) is 0 Å². The number of fused-ring (bicyclic) bond motifs is 2. The highest BCUT2D eigenvalue weighted by molar-refractivity contribution is 5.96. The summed E-state index contributed by atoms with van der Waals surface area (Å²) in [6.07, 6.45) is -4.54. The first-order chi connectivity index (χ1) is 11.9. The highest BCUT2D eigenvalue weighted by Gasteiger charge is 2.38. The molecule has 0 unspecified atom stereocenters. The Labute approximate surface area is 141 Å². The SMILES string of the molecule is O=C1C[C@H](c2ccccc2C(F)(F)F)c2cc3c(cc2N1)OCCO3. The molecule has 1 atom stereocenters. The first-order valence-electron chi connectivity index (χ1n) is 7.83. The van der Waals surface area contributed by atoms with Gasteiger partial charge in [-0.15, -0.1) is 0 Å². The van der Waals surface area contributed by atoms with Crippen molar-refractivity contribution < 1.29 is 27.4 Å². The van der Waals surface area contributed by atoms with E-state index in [2.05, 4.69) is 5.32 Å². The molecule has 0 radical (unpaired) electrons. The minimum Gasteiger partial charge on any atom is -0.486 e. The molecule has 2 aromatic rings. The number of amides is 1. The van der Waals surface area contributed by atoms with Crippen LogP contribution in [0.15, 0.2) is 36.4 Å². The molecule has 1 N–H and O–H groups in total. The van der Waals surface area contributed by atoms with E-state index < -0.39 is 17.7 Å². The maximum Gasteiger partial charge on any atom is 0.416 e. The van der Waals surface area contributed by atoms with Gasteiger partial charge in [0.05, 0.1) is 5.56 Å². The lowest BCUT2D eigenvalue weighted by atomic mass is 9.82. The summed E-state index contributed by atoms with van der Waals surface area (Å²) in [4.78, 5) is 12.1. The second-order valence-corrected chi connectivity index (χ2v) is 5.97. The van der Waals surface area contributed by atoms with Gasteiger partial charge in [-0.2, -0.15) is 13.2 Å². The van der Waals surface area contributed by atoms with Crippen molar-refractivity contribution in [2.75, 3.05) is 18.5 Å². The number of carbonyl (C=O) groups excluding carboxylic acids is 1. The van der Waals surface area contributed by atoms with Crippen LogP contribution >= 0.6 is 0 Å². The molecule has 0 saturated heterocycles. The van der Waals surface area contributed by atoms with Crippen LogP contribution in [-0.4, -0.2) is 19.1 Å². The molecular weight excluding hydrogens is 335 g/mol. The molecule has 130 valence electrons. The summed E-state index contributed by atoms with van der Waals surface area (Å²) in [6.45, 7) is 0.766. The number of halogens is 3. The number of hydrogen-bond acceptors (Lipinski definition) is 3. The number of hydrogen-bond donors (Lipinski definition) is 1. The summed E-state index contributed by atoms with van der Waals surface area (Å²) in [5, 5.41) is 2.71. The Balaban J connectivity index is 1.87. The van der Waals surface area contributed by atoms with Gasteiger partial charge in [-0.1, -0.05) is 18.2 Å². The summed E-state index contributed by atoms with van der Waals surface area (Å²) in [5.74, 6) is -0.0609. The average molecular weight is 349 g/mol. The van der Waals surface area contributed by atoms with Gasteiger partial charge in [0.25, 0.3) is 0 Å². The first-order valence-corrected chi connectivity index (χ1v) is 7.83. The number of benzene rings is 2. The van der Waals surface area contributed by atoms with E-state index >= 15 is 0 Å². The van der Waals surface area contributed by atoms with Crippen LogP contribution in [-0.2, 0) is 11.0 Å².